The van der Waals surface area contributed by atoms with Gasteiger partial charge in [0, 0.05) is 32.5 Å². The maximum atomic E-state index is 12.0. The molecule has 1 saturated carbocycles. The van der Waals surface area contributed by atoms with Crippen LogP contribution in [0.5, 0.6) is 0 Å². The first-order chi connectivity index (χ1) is 10.0. The van der Waals surface area contributed by atoms with Gasteiger partial charge in [-0.1, -0.05) is 20.3 Å². The van der Waals surface area contributed by atoms with E-state index in [1.54, 1.807) is 0 Å². The van der Waals surface area contributed by atoms with E-state index >= 15 is 0 Å². The van der Waals surface area contributed by atoms with Gasteiger partial charge in [0.1, 0.15) is 0 Å². The van der Waals surface area contributed by atoms with Crippen molar-refractivity contribution in [3.8, 4) is 0 Å². The summed E-state index contributed by atoms with van der Waals surface area (Å²) in [4.78, 5) is 25.3. The molecule has 2 fully saturated rings. The van der Waals surface area contributed by atoms with Gasteiger partial charge in [0.25, 0.3) is 0 Å². The van der Waals surface area contributed by atoms with Gasteiger partial charge in [0.15, 0.2) is 0 Å². The number of rotatable bonds is 8. The quantitative estimate of drug-likeness (QED) is 0.748. The number of hydrogen-bond acceptors (Lipinski definition) is 2. The molecule has 0 aromatic carbocycles. The maximum absolute atomic E-state index is 12.0. The molecule has 21 heavy (non-hydrogen) atoms. The highest BCUT2D eigenvalue weighted by Crippen LogP contribution is 2.45. The van der Waals surface area contributed by atoms with Crippen molar-refractivity contribution < 1.29 is 9.59 Å². The van der Waals surface area contributed by atoms with Gasteiger partial charge in [-0.3, -0.25) is 9.59 Å². The minimum atomic E-state index is 0.150. The van der Waals surface area contributed by atoms with Gasteiger partial charge < -0.3 is 10.2 Å². The lowest BCUT2D eigenvalue weighted by atomic mass is 9.64. The summed E-state index contributed by atoms with van der Waals surface area (Å²) in [6.45, 7) is 6.97. The van der Waals surface area contributed by atoms with E-state index in [1.807, 2.05) is 4.90 Å². The molecule has 2 aliphatic rings. The van der Waals surface area contributed by atoms with E-state index in [-0.39, 0.29) is 11.8 Å². The van der Waals surface area contributed by atoms with Crippen molar-refractivity contribution in [1.29, 1.82) is 0 Å². The molecule has 4 heteroatoms. The molecule has 0 aromatic rings. The Balaban J connectivity index is 1.62. The van der Waals surface area contributed by atoms with Crippen LogP contribution in [0.2, 0.25) is 0 Å². The van der Waals surface area contributed by atoms with Crippen molar-refractivity contribution in [3.05, 3.63) is 0 Å². The lowest BCUT2D eigenvalue weighted by Gasteiger charge is -2.43. The topological polar surface area (TPSA) is 49.4 Å². The molecular formula is C17H30N2O2. The van der Waals surface area contributed by atoms with Crippen LogP contribution >= 0.6 is 0 Å². The molecule has 4 nitrogen and oxygen atoms in total. The van der Waals surface area contributed by atoms with E-state index in [9.17, 15) is 9.59 Å². The van der Waals surface area contributed by atoms with Crippen molar-refractivity contribution in [2.24, 2.45) is 11.3 Å². The standard InChI is InChI=1S/C17H30N2O2/c1-14(2)12-17(8-5-9-17)13-18-15(20)6-3-10-19-11-4-7-16(19)21/h14H,3-13H2,1-2H3,(H,18,20). The highest BCUT2D eigenvalue weighted by molar-refractivity contribution is 5.78. The Morgan fingerprint density at radius 3 is 2.62 bits per heavy atom. The third-order valence-electron chi connectivity index (χ3n) is 4.92. The average molecular weight is 294 g/mol. The zero-order valence-corrected chi connectivity index (χ0v) is 13.6. The van der Waals surface area contributed by atoms with Gasteiger partial charge in [-0.25, -0.2) is 0 Å². The first-order valence-electron chi connectivity index (χ1n) is 8.55. The monoisotopic (exact) mass is 294 g/mol. The first-order valence-corrected chi connectivity index (χ1v) is 8.55. The summed E-state index contributed by atoms with van der Waals surface area (Å²) < 4.78 is 0. The van der Waals surface area contributed by atoms with Crippen molar-refractivity contribution in [3.63, 3.8) is 0 Å². The molecule has 0 unspecified atom stereocenters. The Hall–Kier alpha value is -1.06. The molecule has 2 amide bonds. The fraction of sp³-hybridized carbons (Fsp3) is 0.882. The van der Waals surface area contributed by atoms with E-state index in [0.717, 1.165) is 32.5 Å². The summed E-state index contributed by atoms with van der Waals surface area (Å²) >= 11 is 0. The maximum Gasteiger partial charge on any atom is 0.222 e. The number of nitrogens with zero attached hydrogens (tertiary/aromatic N) is 1. The number of carbonyl (C=O) groups is 2. The molecule has 1 N–H and O–H groups in total. The number of amides is 2. The minimum absolute atomic E-state index is 0.150. The van der Waals surface area contributed by atoms with E-state index < -0.39 is 0 Å². The van der Waals surface area contributed by atoms with Crippen LogP contribution in [0.4, 0.5) is 0 Å². The van der Waals surface area contributed by atoms with Crippen molar-refractivity contribution in [1.82, 2.24) is 10.2 Å². The van der Waals surface area contributed by atoms with Crippen molar-refractivity contribution in [2.75, 3.05) is 19.6 Å². The molecule has 1 saturated heterocycles. The zero-order chi connectivity index (χ0) is 15.3. The zero-order valence-electron chi connectivity index (χ0n) is 13.6. The van der Waals surface area contributed by atoms with E-state index in [1.165, 1.54) is 25.7 Å². The smallest absolute Gasteiger partial charge is 0.222 e. The van der Waals surface area contributed by atoms with Gasteiger partial charge >= 0.3 is 0 Å². The fourth-order valence-electron chi connectivity index (χ4n) is 3.74. The molecule has 1 heterocycles. The lowest BCUT2D eigenvalue weighted by molar-refractivity contribution is -0.128. The molecule has 120 valence electrons. The highest BCUT2D eigenvalue weighted by atomic mass is 16.2. The van der Waals surface area contributed by atoms with Crippen LogP contribution < -0.4 is 5.32 Å². The normalized spacial score (nSPS) is 20.7. The highest BCUT2D eigenvalue weighted by Gasteiger charge is 2.37. The van der Waals surface area contributed by atoms with Crippen LogP contribution in [-0.2, 0) is 9.59 Å². The Morgan fingerprint density at radius 2 is 2.10 bits per heavy atom. The van der Waals surface area contributed by atoms with Gasteiger partial charge in [-0.15, -0.1) is 0 Å². The molecule has 1 aliphatic heterocycles. The molecule has 1 aliphatic carbocycles. The van der Waals surface area contributed by atoms with E-state index in [0.29, 0.717) is 24.2 Å². The largest absolute Gasteiger partial charge is 0.356 e. The second kappa shape index (κ2) is 7.28. The number of hydrogen-bond donors (Lipinski definition) is 1. The summed E-state index contributed by atoms with van der Waals surface area (Å²) in [6.07, 6.45) is 8.03. The van der Waals surface area contributed by atoms with E-state index in [4.69, 9.17) is 0 Å². The first kappa shape index (κ1) is 16.3. The van der Waals surface area contributed by atoms with Crippen LogP contribution in [0, 0.1) is 11.3 Å². The Kier molecular flexibility index (Phi) is 5.65. The predicted octanol–water partition coefficient (Wildman–Crippen LogP) is 2.72. The Bertz CT molecular complexity index is 375. The summed E-state index contributed by atoms with van der Waals surface area (Å²) in [5.41, 5.74) is 0.370. The predicted molar refractivity (Wildman–Crippen MR) is 83.8 cm³/mol. The van der Waals surface area contributed by atoms with Gasteiger partial charge in [-0.05, 0) is 43.4 Å². The number of carbonyl (C=O) groups excluding carboxylic acids is 2. The minimum Gasteiger partial charge on any atom is -0.356 e. The molecule has 0 radical (unpaired) electrons. The van der Waals surface area contributed by atoms with Crippen LogP contribution in [0.3, 0.4) is 0 Å². The summed E-state index contributed by atoms with van der Waals surface area (Å²) in [5, 5.41) is 3.13. The van der Waals surface area contributed by atoms with Crippen LogP contribution in [0.15, 0.2) is 0 Å². The van der Waals surface area contributed by atoms with Gasteiger partial charge in [0.2, 0.25) is 11.8 Å². The molecule has 0 atom stereocenters. The number of nitrogens with one attached hydrogen (secondary N) is 1. The SMILES string of the molecule is CC(C)CC1(CNC(=O)CCCN2CCCC2=O)CCC1. The summed E-state index contributed by atoms with van der Waals surface area (Å²) in [7, 11) is 0. The Morgan fingerprint density at radius 1 is 1.33 bits per heavy atom. The molecule has 2 rings (SSSR count). The molecule has 0 bridgehead atoms. The third kappa shape index (κ3) is 4.72. The van der Waals surface area contributed by atoms with Crippen LogP contribution in [0.1, 0.15) is 65.2 Å². The second-order valence-electron chi connectivity index (χ2n) is 7.32. The van der Waals surface area contributed by atoms with Crippen LogP contribution in [-0.4, -0.2) is 36.3 Å². The lowest BCUT2D eigenvalue weighted by Crippen LogP contribution is -2.43. The van der Waals surface area contributed by atoms with Crippen molar-refractivity contribution in [2.45, 2.75) is 65.2 Å². The number of likely N-dealkylation sites (tertiary alicyclic amines) is 1. The molecular weight excluding hydrogens is 264 g/mol. The van der Waals surface area contributed by atoms with E-state index in [2.05, 4.69) is 19.2 Å². The fourth-order valence-corrected chi connectivity index (χ4v) is 3.74. The van der Waals surface area contributed by atoms with Crippen LogP contribution in [0.25, 0.3) is 0 Å². The molecule has 0 aromatic heterocycles. The van der Waals surface area contributed by atoms with Gasteiger partial charge in [-0.2, -0.15) is 0 Å². The molecule has 0 spiro atoms. The summed E-state index contributed by atoms with van der Waals surface area (Å²) in [6, 6.07) is 0. The average Bonchev–Trinajstić information content (AvgIpc) is 2.78. The third-order valence-corrected chi connectivity index (χ3v) is 4.92. The van der Waals surface area contributed by atoms with Gasteiger partial charge in [0.05, 0.1) is 0 Å². The Labute approximate surface area is 128 Å². The summed E-state index contributed by atoms with van der Waals surface area (Å²) in [5.74, 6) is 1.10. The van der Waals surface area contributed by atoms with Crippen molar-refractivity contribution >= 4 is 11.8 Å². The second-order valence-corrected chi connectivity index (χ2v) is 7.32.